The maximum Gasteiger partial charge on any atom is 0.237 e. The lowest BCUT2D eigenvalue weighted by Gasteiger charge is -2.34. The van der Waals surface area contributed by atoms with E-state index in [2.05, 4.69) is 16.3 Å². The number of nitriles is 1. The van der Waals surface area contributed by atoms with Crippen LogP contribution < -0.4 is 5.32 Å². The zero-order valence-corrected chi connectivity index (χ0v) is 11.2. The van der Waals surface area contributed by atoms with Crippen molar-refractivity contribution < 1.29 is 4.79 Å². The van der Waals surface area contributed by atoms with Crippen molar-refractivity contribution >= 4 is 5.91 Å². The topological polar surface area (TPSA) is 56.1 Å². The largest absolute Gasteiger partial charge is 0.358 e. The van der Waals surface area contributed by atoms with E-state index >= 15 is 0 Å². The number of rotatable bonds is 3. The molecule has 1 N–H and O–H groups in total. The van der Waals surface area contributed by atoms with E-state index in [0.717, 1.165) is 37.9 Å². The second-order valence-electron chi connectivity index (χ2n) is 4.91. The van der Waals surface area contributed by atoms with Crippen LogP contribution in [-0.4, -0.2) is 30.4 Å². The van der Waals surface area contributed by atoms with E-state index in [9.17, 15) is 4.79 Å². The maximum absolute atomic E-state index is 11.9. The summed E-state index contributed by atoms with van der Waals surface area (Å²) < 4.78 is 0. The Hall–Kier alpha value is -1.86. The van der Waals surface area contributed by atoms with Crippen molar-refractivity contribution in [3.05, 3.63) is 35.4 Å². The maximum atomic E-state index is 11.9. The molecule has 1 aromatic rings. The summed E-state index contributed by atoms with van der Waals surface area (Å²) in [5.74, 6) is 0.105. The van der Waals surface area contributed by atoms with Crippen LogP contribution in [0.3, 0.4) is 0 Å². The summed E-state index contributed by atoms with van der Waals surface area (Å²) in [7, 11) is 1.69. The van der Waals surface area contributed by atoms with Crippen molar-refractivity contribution in [1.82, 2.24) is 10.2 Å². The SMILES string of the molecule is CNC(=O)C1CCCCN1Cc1ccc(C#N)cc1. The van der Waals surface area contributed by atoms with Crippen LogP contribution in [0.1, 0.15) is 30.4 Å². The highest BCUT2D eigenvalue weighted by atomic mass is 16.2. The van der Waals surface area contributed by atoms with Gasteiger partial charge in [0.05, 0.1) is 17.7 Å². The lowest BCUT2D eigenvalue weighted by Crippen LogP contribution is -2.48. The molecule has 2 rings (SSSR count). The van der Waals surface area contributed by atoms with Gasteiger partial charge in [-0.05, 0) is 37.1 Å². The molecule has 0 spiro atoms. The molecule has 1 aliphatic rings. The molecule has 0 bridgehead atoms. The van der Waals surface area contributed by atoms with Crippen LogP contribution in [0.5, 0.6) is 0 Å². The number of likely N-dealkylation sites (N-methyl/N-ethyl adjacent to an activating group) is 1. The molecule has 4 heteroatoms. The van der Waals surface area contributed by atoms with Crippen LogP contribution in [0.25, 0.3) is 0 Å². The van der Waals surface area contributed by atoms with E-state index < -0.39 is 0 Å². The fourth-order valence-corrected chi connectivity index (χ4v) is 2.56. The molecule has 19 heavy (non-hydrogen) atoms. The molecule has 0 radical (unpaired) electrons. The van der Waals surface area contributed by atoms with E-state index in [1.165, 1.54) is 0 Å². The molecule has 0 saturated carbocycles. The van der Waals surface area contributed by atoms with Gasteiger partial charge in [-0.3, -0.25) is 9.69 Å². The second-order valence-corrected chi connectivity index (χ2v) is 4.91. The molecule has 100 valence electrons. The highest BCUT2D eigenvalue weighted by molar-refractivity contribution is 5.81. The highest BCUT2D eigenvalue weighted by Crippen LogP contribution is 2.20. The Morgan fingerprint density at radius 2 is 2.16 bits per heavy atom. The van der Waals surface area contributed by atoms with Gasteiger partial charge in [-0.1, -0.05) is 18.6 Å². The molecule has 4 nitrogen and oxygen atoms in total. The Balaban J connectivity index is 2.06. The number of piperidine rings is 1. The third-order valence-electron chi connectivity index (χ3n) is 3.63. The zero-order chi connectivity index (χ0) is 13.7. The quantitative estimate of drug-likeness (QED) is 0.896. The summed E-state index contributed by atoms with van der Waals surface area (Å²) in [4.78, 5) is 14.1. The van der Waals surface area contributed by atoms with Gasteiger partial charge < -0.3 is 5.32 Å². The summed E-state index contributed by atoms with van der Waals surface area (Å²) in [5, 5.41) is 11.5. The molecule has 1 aromatic carbocycles. The fourth-order valence-electron chi connectivity index (χ4n) is 2.56. The molecule has 0 aromatic heterocycles. The molecule has 1 heterocycles. The molecule has 1 unspecified atom stereocenters. The Labute approximate surface area is 114 Å². The summed E-state index contributed by atoms with van der Waals surface area (Å²) in [6, 6.07) is 9.68. The Morgan fingerprint density at radius 3 is 2.79 bits per heavy atom. The van der Waals surface area contributed by atoms with Gasteiger partial charge in [0, 0.05) is 13.6 Å². The fraction of sp³-hybridized carbons (Fsp3) is 0.467. The third kappa shape index (κ3) is 3.33. The van der Waals surface area contributed by atoms with Crippen molar-refractivity contribution in [3.63, 3.8) is 0 Å². The average molecular weight is 257 g/mol. The Bertz CT molecular complexity index is 475. The second kappa shape index (κ2) is 6.35. The number of hydrogen-bond donors (Lipinski definition) is 1. The molecule has 1 fully saturated rings. The number of likely N-dealkylation sites (tertiary alicyclic amines) is 1. The van der Waals surface area contributed by atoms with Crippen LogP contribution in [0.15, 0.2) is 24.3 Å². The minimum Gasteiger partial charge on any atom is -0.358 e. The van der Waals surface area contributed by atoms with Gasteiger partial charge in [-0.15, -0.1) is 0 Å². The monoisotopic (exact) mass is 257 g/mol. The van der Waals surface area contributed by atoms with Crippen LogP contribution in [0, 0.1) is 11.3 Å². The van der Waals surface area contributed by atoms with Gasteiger partial charge in [-0.25, -0.2) is 0 Å². The number of carbonyl (C=O) groups excluding carboxylic acids is 1. The van der Waals surface area contributed by atoms with Crippen molar-refractivity contribution in [2.75, 3.05) is 13.6 Å². The van der Waals surface area contributed by atoms with Crippen molar-refractivity contribution in [1.29, 1.82) is 5.26 Å². The summed E-state index contributed by atoms with van der Waals surface area (Å²) in [6.07, 6.45) is 3.18. The molecule has 1 atom stereocenters. The molecule has 1 aliphatic heterocycles. The first-order valence-electron chi connectivity index (χ1n) is 6.69. The summed E-state index contributed by atoms with van der Waals surface area (Å²) in [6.45, 7) is 1.72. The van der Waals surface area contributed by atoms with Crippen molar-refractivity contribution in [2.24, 2.45) is 0 Å². The number of nitrogens with zero attached hydrogens (tertiary/aromatic N) is 2. The molecule has 0 aliphatic carbocycles. The predicted octanol–water partition coefficient (Wildman–Crippen LogP) is 1.66. The molecular formula is C15H19N3O. The van der Waals surface area contributed by atoms with E-state index in [4.69, 9.17) is 5.26 Å². The standard InChI is InChI=1S/C15H19N3O/c1-17-15(19)14-4-2-3-9-18(14)11-13-7-5-12(10-16)6-8-13/h5-8,14H,2-4,9,11H2,1H3,(H,17,19). The summed E-state index contributed by atoms with van der Waals surface area (Å²) >= 11 is 0. The van der Waals surface area contributed by atoms with Crippen LogP contribution in [0.4, 0.5) is 0 Å². The van der Waals surface area contributed by atoms with E-state index in [0.29, 0.717) is 5.56 Å². The van der Waals surface area contributed by atoms with Gasteiger partial charge in [0.1, 0.15) is 0 Å². The van der Waals surface area contributed by atoms with Crippen LogP contribution in [0.2, 0.25) is 0 Å². The highest BCUT2D eigenvalue weighted by Gasteiger charge is 2.27. The van der Waals surface area contributed by atoms with Crippen molar-refractivity contribution in [2.45, 2.75) is 31.8 Å². The lowest BCUT2D eigenvalue weighted by molar-refractivity contribution is -0.127. The van der Waals surface area contributed by atoms with E-state index in [1.807, 2.05) is 24.3 Å². The molecular weight excluding hydrogens is 238 g/mol. The van der Waals surface area contributed by atoms with Gasteiger partial charge in [0.2, 0.25) is 5.91 Å². The third-order valence-corrected chi connectivity index (χ3v) is 3.63. The van der Waals surface area contributed by atoms with Crippen molar-refractivity contribution in [3.8, 4) is 6.07 Å². The van der Waals surface area contributed by atoms with Gasteiger partial charge in [0.25, 0.3) is 0 Å². The van der Waals surface area contributed by atoms with Crippen LogP contribution >= 0.6 is 0 Å². The lowest BCUT2D eigenvalue weighted by atomic mass is 10.0. The van der Waals surface area contributed by atoms with E-state index in [1.54, 1.807) is 7.05 Å². The predicted molar refractivity (Wildman–Crippen MR) is 73.3 cm³/mol. The van der Waals surface area contributed by atoms with Crippen LogP contribution in [-0.2, 0) is 11.3 Å². The van der Waals surface area contributed by atoms with Gasteiger partial charge >= 0.3 is 0 Å². The van der Waals surface area contributed by atoms with E-state index in [-0.39, 0.29) is 11.9 Å². The smallest absolute Gasteiger partial charge is 0.237 e. The Morgan fingerprint density at radius 1 is 1.42 bits per heavy atom. The number of benzene rings is 1. The van der Waals surface area contributed by atoms with Gasteiger partial charge in [-0.2, -0.15) is 5.26 Å². The molecule has 1 saturated heterocycles. The zero-order valence-electron chi connectivity index (χ0n) is 11.2. The first-order valence-corrected chi connectivity index (χ1v) is 6.69. The minimum atomic E-state index is -0.0191. The molecule has 1 amide bonds. The first-order chi connectivity index (χ1) is 9.24. The number of amides is 1. The summed E-state index contributed by atoms with van der Waals surface area (Å²) in [5.41, 5.74) is 1.82. The number of carbonyl (C=O) groups is 1. The normalized spacial score (nSPS) is 19.7. The first kappa shape index (κ1) is 13.6. The van der Waals surface area contributed by atoms with Gasteiger partial charge in [0.15, 0.2) is 0 Å². The number of nitrogens with one attached hydrogen (secondary N) is 1. The number of hydrogen-bond acceptors (Lipinski definition) is 3. The Kier molecular flexibility index (Phi) is 4.53. The minimum absolute atomic E-state index is 0.0191. The average Bonchev–Trinajstić information content (AvgIpc) is 2.48.